The average Bonchev–Trinajstić information content (AvgIpc) is 2.39. The molecule has 0 aromatic rings. The van der Waals surface area contributed by atoms with Crippen LogP contribution in [0.2, 0.25) is 0 Å². The maximum Gasteiger partial charge on any atom is 0.421 e. The first kappa shape index (κ1) is 19.0. The molecular weight excluding hydrogens is 267 g/mol. The Hall–Kier alpha value is -1.00. The van der Waals surface area contributed by atoms with E-state index >= 15 is 0 Å². The van der Waals surface area contributed by atoms with Gasteiger partial charge in [0.1, 0.15) is 5.57 Å². The summed E-state index contributed by atoms with van der Waals surface area (Å²) < 4.78 is 37.0. The van der Waals surface area contributed by atoms with Crippen molar-refractivity contribution >= 4 is 5.91 Å². The van der Waals surface area contributed by atoms with Gasteiger partial charge in [-0.2, -0.15) is 13.2 Å². The van der Waals surface area contributed by atoms with E-state index in [2.05, 4.69) is 18.8 Å². The summed E-state index contributed by atoms with van der Waals surface area (Å²) in [6.07, 6.45) is 1.53. The summed E-state index contributed by atoms with van der Waals surface area (Å²) in [5.74, 6) is -1.12. The monoisotopic (exact) mass is 293 g/mol. The maximum absolute atomic E-state index is 12.3. The van der Waals surface area contributed by atoms with Crippen molar-refractivity contribution in [2.75, 3.05) is 6.54 Å². The minimum atomic E-state index is -4.66. The smallest absolute Gasteiger partial charge is 0.352 e. The summed E-state index contributed by atoms with van der Waals surface area (Å²) >= 11 is 0. The van der Waals surface area contributed by atoms with E-state index in [1.165, 1.54) is 0 Å². The van der Waals surface area contributed by atoms with Crippen LogP contribution in [0.1, 0.15) is 59.3 Å². The molecule has 0 aliphatic heterocycles. The molecule has 118 valence electrons. The van der Waals surface area contributed by atoms with Gasteiger partial charge in [0.15, 0.2) is 0 Å². The number of amides is 1. The van der Waals surface area contributed by atoms with E-state index in [1.807, 2.05) is 13.8 Å². The summed E-state index contributed by atoms with van der Waals surface area (Å²) in [6, 6.07) is 0. The van der Waals surface area contributed by atoms with Gasteiger partial charge in [-0.3, -0.25) is 4.79 Å². The number of unbranched alkanes of at least 4 members (excludes halogenated alkanes) is 3. The fraction of sp³-hybridized carbons (Fsp3) is 0.800. The molecule has 0 heterocycles. The van der Waals surface area contributed by atoms with Crippen LogP contribution in [0, 0.1) is 5.41 Å². The number of halogens is 3. The number of rotatable bonds is 9. The number of hydrogen-bond acceptors (Lipinski definition) is 1. The van der Waals surface area contributed by atoms with Crippen LogP contribution >= 0.6 is 0 Å². The highest BCUT2D eigenvalue weighted by molar-refractivity contribution is 5.94. The van der Waals surface area contributed by atoms with Crippen LogP contribution in [-0.2, 0) is 4.79 Å². The zero-order valence-electron chi connectivity index (χ0n) is 12.7. The van der Waals surface area contributed by atoms with Crippen LogP contribution < -0.4 is 5.32 Å². The summed E-state index contributed by atoms with van der Waals surface area (Å²) in [7, 11) is 0. The Morgan fingerprint density at radius 1 is 1.15 bits per heavy atom. The standard InChI is InChI=1S/C15H26F3NO/c1-5-7-8-9-10-14(4,6-2)11-19-13(20)12(3)15(16,17)18/h3,5-11H2,1-2,4H3,(H,19,20). The second kappa shape index (κ2) is 8.32. The largest absolute Gasteiger partial charge is 0.421 e. The van der Waals surface area contributed by atoms with Crippen molar-refractivity contribution in [1.29, 1.82) is 0 Å². The van der Waals surface area contributed by atoms with Gasteiger partial charge in [-0.15, -0.1) is 0 Å². The zero-order valence-corrected chi connectivity index (χ0v) is 12.7. The number of carbonyl (C=O) groups is 1. The number of carbonyl (C=O) groups excluding carboxylic acids is 1. The molecule has 5 heteroatoms. The van der Waals surface area contributed by atoms with Gasteiger partial charge in [0.2, 0.25) is 0 Å². The minimum Gasteiger partial charge on any atom is -0.352 e. The number of nitrogens with one attached hydrogen (secondary N) is 1. The molecule has 0 saturated carbocycles. The molecule has 0 aromatic heterocycles. The first-order chi connectivity index (χ1) is 9.16. The Kier molecular flexibility index (Phi) is 7.91. The first-order valence-electron chi connectivity index (χ1n) is 7.20. The Labute approximate surface area is 119 Å². The number of alkyl halides is 3. The molecule has 1 unspecified atom stereocenters. The molecule has 0 saturated heterocycles. The van der Waals surface area contributed by atoms with Crippen LogP contribution in [0.15, 0.2) is 12.2 Å². The molecule has 0 fully saturated rings. The Morgan fingerprint density at radius 2 is 1.75 bits per heavy atom. The predicted octanol–water partition coefficient (Wildman–Crippen LogP) is 4.61. The van der Waals surface area contributed by atoms with Crippen molar-refractivity contribution in [2.24, 2.45) is 5.41 Å². The Balaban J connectivity index is 4.29. The van der Waals surface area contributed by atoms with Crippen molar-refractivity contribution in [3.05, 3.63) is 12.2 Å². The fourth-order valence-electron chi connectivity index (χ4n) is 1.90. The van der Waals surface area contributed by atoms with E-state index in [0.717, 1.165) is 38.5 Å². The van der Waals surface area contributed by atoms with Crippen LogP contribution in [0.4, 0.5) is 13.2 Å². The second-order valence-corrected chi connectivity index (χ2v) is 5.63. The minimum absolute atomic E-state index is 0.157. The quantitative estimate of drug-likeness (QED) is 0.488. The van der Waals surface area contributed by atoms with Crippen molar-refractivity contribution in [1.82, 2.24) is 5.32 Å². The molecule has 0 bridgehead atoms. The third-order valence-corrected chi connectivity index (χ3v) is 3.78. The molecule has 0 rings (SSSR count). The normalized spacial score (nSPS) is 14.7. The van der Waals surface area contributed by atoms with E-state index in [-0.39, 0.29) is 12.0 Å². The van der Waals surface area contributed by atoms with Crippen LogP contribution in [0.3, 0.4) is 0 Å². The lowest BCUT2D eigenvalue weighted by atomic mass is 9.82. The van der Waals surface area contributed by atoms with Crippen LogP contribution in [0.25, 0.3) is 0 Å². The summed E-state index contributed by atoms with van der Waals surface area (Å²) in [5, 5.41) is 2.36. The lowest BCUT2D eigenvalue weighted by molar-refractivity contribution is -0.131. The fourth-order valence-corrected chi connectivity index (χ4v) is 1.90. The lowest BCUT2D eigenvalue weighted by Gasteiger charge is -2.29. The average molecular weight is 293 g/mol. The lowest BCUT2D eigenvalue weighted by Crippen LogP contribution is -2.38. The molecule has 0 aliphatic rings. The zero-order chi connectivity index (χ0) is 15.8. The topological polar surface area (TPSA) is 29.1 Å². The highest BCUT2D eigenvalue weighted by atomic mass is 19.4. The molecule has 0 aromatic carbocycles. The third kappa shape index (κ3) is 6.96. The van der Waals surface area contributed by atoms with E-state index < -0.39 is 17.7 Å². The van der Waals surface area contributed by atoms with E-state index in [0.29, 0.717) is 0 Å². The molecule has 0 spiro atoms. The number of hydrogen-bond donors (Lipinski definition) is 1. The summed E-state index contributed by atoms with van der Waals surface area (Å²) in [6.45, 7) is 9.17. The summed E-state index contributed by atoms with van der Waals surface area (Å²) in [5.41, 5.74) is -1.49. The van der Waals surface area contributed by atoms with E-state index in [1.54, 1.807) is 0 Å². The highest BCUT2D eigenvalue weighted by Gasteiger charge is 2.37. The summed E-state index contributed by atoms with van der Waals surface area (Å²) in [4.78, 5) is 11.4. The highest BCUT2D eigenvalue weighted by Crippen LogP contribution is 2.29. The van der Waals surface area contributed by atoms with Gasteiger partial charge < -0.3 is 5.32 Å². The van der Waals surface area contributed by atoms with Gasteiger partial charge in [0, 0.05) is 6.54 Å². The molecule has 1 N–H and O–H groups in total. The van der Waals surface area contributed by atoms with Crippen LogP contribution in [-0.4, -0.2) is 18.6 Å². The van der Waals surface area contributed by atoms with Gasteiger partial charge in [0.25, 0.3) is 5.91 Å². The first-order valence-corrected chi connectivity index (χ1v) is 7.20. The van der Waals surface area contributed by atoms with E-state index in [4.69, 9.17) is 0 Å². The third-order valence-electron chi connectivity index (χ3n) is 3.78. The molecule has 0 aliphatic carbocycles. The van der Waals surface area contributed by atoms with Crippen molar-refractivity contribution in [2.45, 2.75) is 65.5 Å². The van der Waals surface area contributed by atoms with Crippen LogP contribution in [0.5, 0.6) is 0 Å². The molecular formula is C15H26F3NO. The van der Waals surface area contributed by atoms with Gasteiger partial charge in [-0.1, -0.05) is 53.0 Å². The van der Waals surface area contributed by atoms with E-state index in [9.17, 15) is 18.0 Å². The SMILES string of the molecule is C=C(C(=O)NCC(C)(CC)CCCCCC)C(F)(F)F. The van der Waals surface area contributed by atoms with Crippen molar-refractivity contribution in [3.63, 3.8) is 0 Å². The van der Waals surface area contributed by atoms with Gasteiger partial charge >= 0.3 is 6.18 Å². The van der Waals surface area contributed by atoms with Gasteiger partial charge in [-0.05, 0) is 18.3 Å². The molecule has 2 nitrogen and oxygen atoms in total. The molecule has 1 amide bonds. The Morgan fingerprint density at radius 3 is 2.20 bits per heavy atom. The molecule has 0 radical (unpaired) electrons. The van der Waals surface area contributed by atoms with Gasteiger partial charge in [-0.25, -0.2) is 0 Å². The second-order valence-electron chi connectivity index (χ2n) is 5.63. The Bertz CT molecular complexity index is 326. The van der Waals surface area contributed by atoms with Gasteiger partial charge in [0.05, 0.1) is 0 Å². The molecule has 20 heavy (non-hydrogen) atoms. The van der Waals surface area contributed by atoms with Crippen molar-refractivity contribution < 1.29 is 18.0 Å². The van der Waals surface area contributed by atoms with Crippen molar-refractivity contribution in [3.8, 4) is 0 Å². The molecule has 1 atom stereocenters. The predicted molar refractivity (Wildman–Crippen MR) is 75.4 cm³/mol. The maximum atomic E-state index is 12.3.